The van der Waals surface area contributed by atoms with Gasteiger partial charge in [0.25, 0.3) is 0 Å². The van der Waals surface area contributed by atoms with Gasteiger partial charge in [0.15, 0.2) is 11.2 Å². The van der Waals surface area contributed by atoms with Gasteiger partial charge in [0.2, 0.25) is 11.8 Å². The van der Waals surface area contributed by atoms with E-state index in [0.29, 0.717) is 22.3 Å². The highest BCUT2D eigenvalue weighted by Crippen LogP contribution is 2.28. The highest BCUT2D eigenvalue weighted by atomic mass is 32.2. The average molecular weight is 416 g/mol. The molecular formula is C21H16N6O2S. The third kappa shape index (κ3) is 3.50. The largest absolute Gasteiger partial charge is 0.436 e. The first-order valence-corrected chi connectivity index (χ1v) is 10.1. The Morgan fingerprint density at radius 1 is 1.10 bits per heavy atom. The van der Waals surface area contributed by atoms with Crippen molar-refractivity contribution in [3.05, 3.63) is 61.2 Å². The summed E-state index contributed by atoms with van der Waals surface area (Å²) < 4.78 is 5.79. The number of rotatable bonds is 5. The Morgan fingerprint density at radius 2 is 1.93 bits per heavy atom. The number of hydrogen-bond donors (Lipinski definition) is 2. The normalized spacial score (nSPS) is 12.3. The summed E-state index contributed by atoms with van der Waals surface area (Å²) in [6.07, 6.45) is 3.01. The first kappa shape index (κ1) is 18.3. The molecule has 9 heteroatoms. The molecule has 0 radical (unpaired) electrons. The van der Waals surface area contributed by atoms with E-state index in [1.54, 1.807) is 6.33 Å². The van der Waals surface area contributed by atoms with Gasteiger partial charge in [-0.2, -0.15) is 0 Å². The van der Waals surface area contributed by atoms with Gasteiger partial charge < -0.3 is 14.7 Å². The summed E-state index contributed by atoms with van der Waals surface area (Å²) in [4.78, 5) is 32.6. The van der Waals surface area contributed by atoms with Gasteiger partial charge in [0, 0.05) is 11.3 Å². The van der Waals surface area contributed by atoms with E-state index in [1.807, 2.05) is 55.5 Å². The topological polar surface area (TPSA) is 110 Å². The number of carbonyl (C=O) groups is 1. The molecule has 1 amide bonds. The summed E-state index contributed by atoms with van der Waals surface area (Å²) in [5.41, 5.74) is 4.40. The van der Waals surface area contributed by atoms with Crippen LogP contribution in [0.3, 0.4) is 0 Å². The molecule has 0 saturated carbocycles. The predicted molar refractivity (Wildman–Crippen MR) is 115 cm³/mol. The summed E-state index contributed by atoms with van der Waals surface area (Å²) in [5, 5.41) is 3.26. The molecule has 3 aromatic heterocycles. The molecule has 0 aliphatic heterocycles. The van der Waals surface area contributed by atoms with Crippen LogP contribution in [0.4, 0.5) is 5.69 Å². The smallest absolute Gasteiger partial charge is 0.237 e. The van der Waals surface area contributed by atoms with Crippen LogP contribution in [0, 0.1) is 0 Å². The van der Waals surface area contributed by atoms with Gasteiger partial charge in [0.05, 0.1) is 11.6 Å². The van der Waals surface area contributed by atoms with Crippen LogP contribution in [0.1, 0.15) is 6.92 Å². The lowest BCUT2D eigenvalue weighted by Crippen LogP contribution is -2.22. The van der Waals surface area contributed by atoms with Crippen molar-refractivity contribution in [1.82, 2.24) is 24.9 Å². The molecule has 5 rings (SSSR count). The average Bonchev–Trinajstić information content (AvgIpc) is 3.41. The van der Waals surface area contributed by atoms with Gasteiger partial charge in [0.1, 0.15) is 22.4 Å². The van der Waals surface area contributed by atoms with Crippen LogP contribution in [0.5, 0.6) is 0 Å². The maximum absolute atomic E-state index is 12.6. The molecule has 0 bridgehead atoms. The van der Waals surface area contributed by atoms with Gasteiger partial charge in [-0.05, 0) is 43.3 Å². The minimum absolute atomic E-state index is 0.124. The molecule has 0 aliphatic rings. The number of hydrogen-bond acceptors (Lipinski definition) is 7. The third-order valence-electron chi connectivity index (χ3n) is 4.54. The number of amides is 1. The molecule has 0 fully saturated rings. The van der Waals surface area contributed by atoms with E-state index >= 15 is 0 Å². The number of benzene rings is 2. The maximum atomic E-state index is 12.6. The number of H-pyrrole nitrogens is 1. The number of thioether (sulfide) groups is 1. The summed E-state index contributed by atoms with van der Waals surface area (Å²) in [7, 11) is 0. The van der Waals surface area contributed by atoms with E-state index in [4.69, 9.17) is 4.42 Å². The molecule has 5 aromatic rings. The van der Waals surface area contributed by atoms with Gasteiger partial charge in [-0.15, -0.1) is 0 Å². The van der Waals surface area contributed by atoms with E-state index in [-0.39, 0.29) is 11.2 Å². The highest BCUT2D eigenvalue weighted by molar-refractivity contribution is 8.00. The van der Waals surface area contributed by atoms with Crippen LogP contribution >= 0.6 is 11.8 Å². The number of aromatic nitrogens is 5. The molecule has 0 aliphatic carbocycles. The number of oxazole rings is 1. The molecule has 2 N–H and O–H groups in total. The summed E-state index contributed by atoms with van der Waals surface area (Å²) >= 11 is 1.35. The molecular weight excluding hydrogens is 400 g/mol. The van der Waals surface area contributed by atoms with Crippen LogP contribution in [0.2, 0.25) is 0 Å². The molecule has 0 saturated heterocycles. The summed E-state index contributed by atoms with van der Waals surface area (Å²) in [6, 6.07) is 15.0. The van der Waals surface area contributed by atoms with Gasteiger partial charge >= 0.3 is 0 Å². The fourth-order valence-corrected chi connectivity index (χ4v) is 3.87. The first-order chi connectivity index (χ1) is 14.7. The molecule has 8 nitrogen and oxygen atoms in total. The van der Waals surface area contributed by atoms with E-state index in [0.717, 1.165) is 22.2 Å². The predicted octanol–water partition coefficient (Wildman–Crippen LogP) is 4.28. The fourth-order valence-electron chi connectivity index (χ4n) is 2.99. The number of aromatic amines is 1. The van der Waals surface area contributed by atoms with Crippen LogP contribution in [0.15, 0.2) is 70.6 Å². The van der Waals surface area contributed by atoms with E-state index in [9.17, 15) is 4.79 Å². The molecule has 1 unspecified atom stereocenters. The number of fused-ring (bicyclic) bond motifs is 2. The number of carbonyl (C=O) groups excluding carboxylic acids is 1. The van der Waals surface area contributed by atoms with Crippen molar-refractivity contribution in [3.63, 3.8) is 0 Å². The second-order valence-corrected chi connectivity index (χ2v) is 7.92. The molecule has 148 valence electrons. The Labute approximate surface area is 175 Å². The lowest BCUT2D eigenvalue weighted by atomic mass is 10.2. The maximum Gasteiger partial charge on any atom is 0.237 e. The van der Waals surface area contributed by atoms with Crippen LogP contribution < -0.4 is 5.32 Å². The second kappa shape index (κ2) is 7.60. The zero-order valence-corrected chi connectivity index (χ0v) is 16.7. The SMILES string of the molecule is CC(Sc1ncnc2nc[nH]c12)C(=O)Nc1ccc(-c2nc3ccccc3o2)cc1. The standard InChI is InChI=1S/C21H16N6O2S/c1-12(30-21-17-18(23-10-22-17)24-11-25-21)19(28)26-14-8-6-13(7-9-14)20-27-15-4-2-3-5-16(15)29-20/h2-12H,1H3,(H,26,28)(H,22,23,24,25). The van der Waals surface area contributed by atoms with Crippen LogP contribution in [-0.4, -0.2) is 36.1 Å². The molecule has 2 aromatic carbocycles. The van der Waals surface area contributed by atoms with Crippen molar-refractivity contribution in [2.45, 2.75) is 17.2 Å². The van der Waals surface area contributed by atoms with Crippen molar-refractivity contribution < 1.29 is 9.21 Å². The summed E-state index contributed by atoms with van der Waals surface area (Å²) in [6.45, 7) is 1.83. The molecule has 1 atom stereocenters. The quantitative estimate of drug-likeness (QED) is 0.325. The molecule has 0 spiro atoms. The lowest BCUT2D eigenvalue weighted by Gasteiger charge is -2.12. The first-order valence-electron chi connectivity index (χ1n) is 9.25. The number of para-hydroxylation sites is 2. The van der Waals surface area contributed by atoms with Crippen molar-refractivity contribution >= 4 is 45.6 Å². The Balaban J connectivity index is 1.28. The highest BCUT2D eigenvalue weighted by Gasteiger charge is 2.18. The van der Waals surface area contributed by atoms with Gasteiger partial charge in [-0.25, -0.2) is 19.9 Å². The van der Waals surface area contributed by atoms with Gasteiger partial charge in [-0.3, -0.25) is 4.79 Å². The second-order valence-electron chi connectivity index (χ2n) is 6.59. The Morgan fingerprint density at radius 3 is 2.77 bits per heavy atom. The van der Waals surface area contributed by atoms with Crippen molar-refractivity contribution in [3.8, 4) is 11.5 Å². The minimum atomic E-state index is -0.358. The molecule has 3 heterocycles. The lowest BCUT2D eigenvalue weighted by molar-refractivity contribution is -0.115. The minimum Gasteiger partial charge on any atom is -0.436 e. The zero-order valence-electron chi connectivity index (χ0n) is 15.9. The Hall–Kier alpha value is -3.72. The number of nitrogens with one attached hydrogen (secondary N) is 2. The van der Waals surface area contributed by atoms with E-state index < -0.39 is 0 Å². The van der Waals surface area contributed by atoms with Crippen LogP contribution in [-0.2, 0) is 4.79 Å². The van der Waals surface area contributed by atoms with Gasteiger partial charge in [-0.1, -0.05) is 23.9 Å². The van der Waals surface area contributed by atoms with E-state index in [2.05, 4.69) is 30.2 Å². The summed E-state index contributed by atoms with van der Waals surface area (Å²) in [5.74, 6) is 0.422. The Kier molecular flexibility index (Phi) is 4.64. The van der Waals surface area contributed by atoms with Crippen molar-refractivity contribution in [2.75, 3.05) is 5.32 Å². The monoisotopic (exact) mass is 416 g/mol. The van der Waals surface area contributed by atoms with Crippen LogP contribution in [0.25, 0.3) is 33.7 Å². The molecule has 30 heavy (non-hydrogen) atoms. The van der Waals surface area contributed by atoms with Crippen molar-refractivity contribution in [2.24, 2.45) is 0 Å². The number of anilines is 1. The van der Waals surface area contributed by atoms with E-state index in [1.165, 1.54) is 18.1 Å². The van der Waals surface area contributed by atoms with Crippen molar-refractivity contribution in [1.29, 1.82) is 0 Å². The number of nitrogens with zero attached hydrogens (tertiary/aromatic N) is 4. The number of imidazole rings is 1. The zero-order chi connectivity index (χ0) is 20.5. The Bertz CT molecular complexity index is 1310. The fraction of sp³-hybridized carbons (Fsp3) is 0.0952. The third-order valence-corrected chi connectivity index (χ3v) is 5.64.